The number of amides is 4. The highest BCUT2D eigenvalue weighted by molar-refractivity contribution is 6.01. The highest BCUT2D eigenvalue weighted by atomic mass is 16.4. The maximum Gasteiger partial charge on any atom is 0.315 e. The number of carbonyl (C=O) groups is 4. The first-order chi connectivity index (χ1) is 8.99. The molecule has 1 rings (SSSR count). The van der Waals surface area contributed by atoms with Crippen molar-refractivity contribution in [1.82, 2.24) is 16.0 Å². The molecule has 0 radical (unpaired) electrons. The Morgan fingerprint density at radius 3 is 2.68 bits per heavy atom. The van der Waals surface area contributed by atoms with Gasteiger partial charge in [0.15, 0.2) is 0 Å². The van der Waals surface area contributed by atoms with Crippen molar-refractivity contribution in [1.29, 1.82) is 0 Å². The zero-order valence-corrected chi connectivity index (χ0v) is 10.4. The normalized spacial score (nSPS) is 18.6. The van der Waals surface area contributed by atoms with Gasteiger partial charge in [0.2, 0.25) is 11.8 Å². The van der Waals surface area contributed by atoms with Crippen LogP contribution in [0.4, 0.5) is 4.79 Å². The number of nitrogens with one attached hydrogen (secondary N) is 3. The van der Waals surface area contributed by atoms with Crippen molar-refractivity contribution in [2.45, 2.75) is 38.1 Å². The Hall–Kier alpha value is -2.12. The van der Waals surface area contributed by atoms with Crippen LogP contribution in [0.25, 0.3) is 0 Å². The summed E-state index contributed by atoms with van der Waals surface area (Å²) in [6, 6.07) is -1.19. The quantitative estimate of drug-likeness (QED) is 0.377. The summed E-state index contributed by atoms with van der Waals surface area (Å²) in [6.45, 7) is 0.340. The van der Waals surface area contributed by atoms with Gasteiger partial charge < -0.3 is 15.7 Å². The van der Waals surface area contributed by atoms with E-state index in [4.69, 9.17) is 5.11 Å². The summed E-state index contributed by atoms with van der Waals surface area (Å²) < 4.78 is 0. The minimum Gasteiger partial charge on any atom is -0.481 e. The summed E-state index contributed by atoms with van der Waals surface area (Å²) in [5.74, 6) is -1.71. The molecule has 19 heavy (non-hydrogen) atoms. The first kappa shape index (κ1) is 14.9. The van der Waals surface area contributed by atoms with E-state index in [9.17, 15) is 19.2 Å². The molecule has 106 valence electrons. The van der Waals surface area contributed by atoms with Gasteiger partial charge in [-0.25, -0.2) is 4.79 Å². The van der Waals surface area contributed by atoms with Gasteiger partial charge in [-0.3, -0.25) is 19.7 Å². The molecule has 8 heteroatoms. The minimum absolute atomic E-state index is 0.0659. The number of carbonyl (C=O) groups excluding carboxylic acids is 3. The fourth-order valence-corrected chi connectivity index (χ4v) is 1.64. The van der Waals surface area contributed by atoms with E-state index in [2.05, 4.69) is 16.0 Å². The maximum absolute atomic E-state index is 11.4. The molecular weight excluding hydrogens is 254 g/mol. The summed E-state index contributed by atoms with van der Waals surface area (Å²) in [6.07, 6.45) is 1.59. The number of imide groups is 1. The van der Waals surface area contributed by atoms with Gasteiger partial charge in [-0.1, -0.05) is 0 Å². The largest absolute Gasteiger partial charge is 0.481 e. The summed E-state index contributed by atoms with van der Waals surface area (Å²) in [7, 11) is 0. The standard InChI is InChI=1S/C11H17N3O5/c15-8-5-4-7(10(18)14-8)13-11(19)12-6-2-1-3-9(16)17/h7H,1-6H2,(H,16,17)(H2,12,13,19)(H,14,15,18). The molecule has 0 aromatic rings. The smallest absolute Gasteiger partial charge is 0.315 e. The Bertz CT molecular complexity index is 383. The van der Waals surface area contributed by atoms with E-state index in [1.54, 1.807) is 0 Å². The van der Waals surface area contributed by atoms with Crippen LogP contribution < -0.4 is 16.0 Å². The SMILES string of the molecule is O=C(O)CCCCNC(=O)NC1CCC(=O)NC1=O. The summed E-state index contributed by atoms with van der Waals surface area (Å²) in [5.41, 5.74) is 0. The van der Waals surface area contributed by atoms with E-state index in [1.807, 2.05) is 0 Å². The number of unbranched alkanes of at least 4 members (excludes halogenated alkanes) is 1. The third-order valence-corrected chi connectivity index (χ3v) is 2.65. The molecule has 0 aliphatic carbocycles. The van der Waals surface area contributed by atoms with Crippen molar-refractivity contribution in [2.75, 3.05) is 6.54 Å². The van der Waals surface area contributed by atoms with Crippen LogP contribution in [0.15, 0.2) is 0 Å². The van der Waals surface area contributed by atoms with Crippen LogP contribution in [0.3, 0.4) is 0 Å². The monoisotopic (exact) mass is 271 g/mol. The molecule has 1 aliphatic rings. The maximum atomic E-state index is 11.4. The molecule has 1 aliphatic heterocycles. The second kappa shape index (κ2) is 7.34. The lowest BCUT2D eigenvalue weighted by molar-refractivity contribution is -0.137. The predicted molar refractivity (Wildman–Crippen MR) is 64.2 cm³/mol. The van der Waals surface area contributed by atoms with Gasteiger partial charge in [0, 0.05) is 19.4 Å². The lowest BCUT2D eigenvalue weighted by Gasteiger charge is -2.21. The van der Waals surface area contributed by atoms with Crippen LogP contribution >= 0.6 is 0 Å². The van der Waals surface area contributed by atoms with Crippen molar-refractivity contribution < 1.29 is 24.3 Å². The van der Waals surface area contributed by atoms with E-state index in [0.717, 1.165) is 0 Å². The number of hydrogen-bond acceptors (Lipinski definition) is 4. The lowest BCUT2D eigenvalue weighted by atomic mass is 10.1. The van der Waals surface area contributed by atoms with Crippen molar-refractivity contribution in [3.05, 3.63) is 0 Å². The van der Waals surface area contributed by atoms with Crippen LogP contribution in [0.5, 0.6) is 0 Å². The number of carboxylic acid groups (broad SMARTS) is 1. The Morgan fingerprint density at radius 1 is 1.32 bits per heavy atom. The molecule has 1 atom stereocenters. The van der Waals surface area contributed by atoms with E-state index < -0.39 is 23.9 Å². The number of hydrogen-bond donors (Lipinski definition) is 4. The summed E-state index contributed by atoms with van der Waals surface area (Å²) in [4.78, 5) is 43.9. The van der Waals surface area contributed by atoms with Gasteiger partial charge in [-0.2, -0.15) is 0 Å². The molecule has 4 amide bonds. The molecule has 1 saturated heterocycles. The van der Waals surface area contributed by atoms with Gasteiger partial charge in [-0.15, -0.1) is 0 Å². The second-order valence-corrected chi connectivity index (χ2v) is 4.25. The Labute approximate surface area is 109 Å². The molecule has 0 aromatic carbocycles. The first-order valence-electron chi connectivity index (χ1n) is 6.09. The number of aliphatic carboxylic acids is 1. The van der Waals surface area contributed by atoms with Crippen molar-refractivity contribution in [3.63, 3.8) is 0 Å². The fraction of sp³-hybridized carbons (Fsp3) is 0.636. The van der Waals surface area contributed by atoms with Crippen molar-refractivity contribution in [2.24, 2.45) is 0 Å². The number of rotatable bonds is 6. The van der Waals surface area contributed by atoms with E-state index in [1.165, 1.54) is 0 Å². The van der Waals surface area contributed by atoms with Gasteiger partial charge >= 0.3 is 12.0 Å². The Morgan fingerprint density at radius 2 is 2.05 bits per heavy atom. The predicted octanol–water partition coefficient (Wildman–Crippen LogP) is -0.654. The zero-order valence-electron chi connectivity index (χ0n) is 10.4. The molecule has 1 unspecified atom stereocenters. The molecule has 0 bridgehead atoms. The van der Waals surface area contributed by atoms with Gasteiger partial charge in [-0.05, 0) is 19.3 Å². The topological polar surface area (TPSA) is 125 Å². The molecule has 0 aromatic heterocycles. The van der Waals surface area contributed by atoms with Crippen LogP contribution in [0, 0.1) is 0 Å². The third-order valence-electron chi connectivity index (χ3n) is 2.65. The summed E-state index contributed by atoms with van der Waals surface area (Å²) >= 11 is 0. The highest BCUT2D eigenvalue weighted by Gasteiger charge is 2.27. The van der Waals surface area contributed by atoms with Crippen LogP contribution in [0.1, 0.15) is 32.1 Å². The molecular formula is C11H17N3O5. The van der Waals surface area contributed by atoms with E-state index >= 15 is 0 Å². The van der Waals surface area contributed by atoms with Gasteiger partial charge in [0.05, 0.1) is 0 Å². The average molecular weight is 271 g/mol. The average Bonchev–Trinajstić information content (AvgIpc) is 2.32. The van der Waals surface area contributed by atoms with Crippen molar-refractivity contribution in [3.8, 4) is 0 Å². The van der Waals surface area contributed by atoms with Crippen molar-refractivity contribution >= 4 is 23.8 Å². The summed E-state index contributed by atoms with van der Waals surface area (Å²) in [5, 5.41) is 15.5. The second-order valence-electron chi connectivity index (χ2n) is 4.25. The van der Waals surface area contributed by atoms with E-state index in [-0.39, 0.29) is 25.2 Å². The third kappa shape index (κ3) is 5.84. The van der Waals surface area contributed by atoms with Crippen LogP contribution in [0.2, 0.25) is 0 Å². The van der Waals surface area contributed by atoms with Gasteiger partial charge in [0.25, 0.3) is 0 Å². The number of carboxylic acids is 1. The Balaban J connectivity index is 2.15. The van der Waals surface area contributed by atoms with Crippen LogP contribution in [-0.2, 0) is 14.4 Å². The Kier molecular flexibility index (Phi) is 5.77. The molecule has 0 saturated carbocycles. The first-order valence-corrected chi connectivity index (χ1v) is 6.09. The number of piperidine rings is 1. The van der Waals surface area contributed by atoms with Gasteiger partial charge in [0.1, 0.15) is 6.04 Å². The van der Waals surface area contributed by atoms with E-state index in [0.29, 0.717) is 19.4 Å². The fourth-order valence-electron chi connectivity index (χ4n) is 1.64. The van der Waals surface area contributed by atoms with Crippen LogP contribution in [-0.4, -0.2) is 41.5 Å². The molecule has 1 heterocycles. The molecule has 4 N–H and O–H groups in total. The molecule has 8 nitrogen and oxygen atoms in total. The lowest BCUT2D eigenvalue weighted by Crippen LogP contribution is -2.54. The molecule has 0 spiro atoms. The minimum atomic E-state index is -0.868. The number of urea groups is 1. The molecule has 1 fully saturated rings. The highest BCUT2D eigenvalue weighted by Crippen LogP contribution is 2.03. The zero-order chi connectivity index (χ0) is 14.3.